The molecule has 2 nitrogen and oxygen atoms in total. The lowest BCUT2D eigenvalue weighted by Gasteiger charge is -2.38. The Morgan fingerprint density at radius 3 is 2.05 bits per heavy atom. The molecule has 0 radical (unpaired) electrons. The van der Waals surface area contributed by atoms with Crippen LogP contribution in [0.25, 0.3) is 0 Å². The summed E-state index contributed by atoms with van der Waals surface area (Å²) in [4.78, 5) is 4.08. The zero-order valence-electron chi connectivity index (χ0n) is 11.3. The number of hydrogen-bond acceptors (Lipinski definition) is 2. The van der Waals surface area contributed by atoms with Crippen LogP contribution >= 0.6 is 11.6 Å². The predicted octanol–water partition coefficient (Wildman–Crippen LogP) is 3.23. The van der Waals surface area contributed by atoms with Gasteiger partial charge in [-0.2, -0.15) is 0 Å². The number of hydrogen-bond donors (Lipinski definition) is 0. The highest BCUT2D eigenvalue weighted by atomic mass is 35.5. The van der Waals surface area contributed by atoms with Crippen LogP contribution in [0.1, 0.15) is 19.4 Å². The highest BCUT2D eigenvalue weighted by molar-refractivity contribution is 6.17. The van der Waals surface area contributed by atoms with E-state index in [4.69, 9.17) is 11.6 Å². The molecule has 0 spiro atoms. The Morgan fingerprint density at radius 1 is 1.11 bits per heavy atom. The first-order valence-electron chi connectivity index (χ1n) is 6.55. The lowest BCUT2D eigenvalue weighted by atomic mass is 10.1. The second-order valence-corrected chi connectivity index (χ2v) is 5.43. The fourth-order valence-electron chi connectivity index (χ4n) is 2.46. The largest absolute Gasteiger partial charge is 0.364 e. The van der Waals surface area contributed by atoms with Gasteiger partial charge in [0.15, 0.2) is 0 Å². The van der Waals surface area contributed by atoms with Gasteiger partial charge in [0.05, 0.1) is 0 Å². The molecule has 1 aromatic carbocycles. The Bertz CT molecular complexity index is 420. The normalized spacial score (nSPS) is 17.3. The van der Waals surface area contributed by atoms with E-state index in [9.17, 15) is 8.78 Å². The van der Waals surface area contributed by atoms with Crippen molar-refractivity contribution >= 4 is 17.3 Å². The van der Waals surface area contributed by atoms with E-state index >= 15 is 0 Å². The van der Waals surface area contributed by atoms with E-state index in [-0.39, 0.29) is 11.6 Å². The van der Waals surface area contributed by atoms with Crippen LogP contribution < -0.4 is 4.90 Å². The lowest BCUT2D eigenvalue weighted by Crippen LogP contribution is -2.49. The minimum absolute atomic E-state index is 0.0808. The molecule has 1 aromatic rings. The number of alkyl halides is 1. The summed E-state index contributed by atoms with van der Waals surface area (Å²) in [6, 6.07) is 3.11. The molecule has 0 saturated carbocycles. The van der Waals surface area contributed by atoms with Gasteiger partial charge in [-0.3, -0.25) is 4.90 Å². The van der Waals surface area contributed by atoms with Crippen molar-refractivity contribution in [2.75, 3.05) is 31.1 Å². The van der Waals surface area contributed by atoms with Gasteiger partial charge in [0, 0.05) is 38.1 Å². The molecule has 1 aliphatic rings. The van der Waals surface area contributed by atoms with Crippen molar-refractivity contribution in [2.45, 2.75) is 25.8 Å². The maximum absolute atomic E-state index is 14.0. The van der Waals surface area contributed by atoms with Crippen molar-refractivity contribution in [3.05, 3.63) is 29.3 Å². The van der Waals surface area contributed by atoms with Crippen molar-refractivity contribution in [3.8, 4) is 0 Å². The van der Waals surface area contributed by atoms with Crippen LogP contribution in [0.3, 0.4) is 0 Å². The topological polar surface area (TPSA) is 6.48 Å². The third kappa shape index (κ3) is 3.18. The Morgan fingerprint density at radius 2 is 1.63 bits per heavy atom. The zero-order chi connectivity index (χ0) is 14.0. The number of anilines is 1. The van der Waals surface area contributed by atoms with Gasteiger partial charge < -0.3 is 4.90 Å². The summed E-state index contributed by atoms with van der Waals surface area (Å²) in [6.07, 6.45) is 0. The van der Waals surface area contributed by atoms with Crippen LogP contribution in [0, 0.1) is 11.6 Å². The predicted molar refractivity (Wildman–Crippen MR) is 74.8 cm³/mol. The Labute approximate surface area is 117 Å². The summed E-state index contributed by atoms with van der Waals surface area (Å²) in [7, 11) is 0. The van der Waals surface area contributed by atoms with Crippen LogP contribution in [-0.4, -0.2) is 37.1 Å². The lowest BCUT2D eigenvalue weighted by molar-refractivity contribution is 0.208. The smallest absolute Gasteiger partial charge is 0.149 e. The molecule has 5 heteroatoms. The summed E-state index contributed by atoms with van der Waals surface area (Å²) in [5.74, 6) is -0.919. The van der Waals surface area contributed by atoms with Crippen molar-refractivity contribution in [1.82, 2.24) is 4.90 Å². The second-order valence-electron chi connectivity index (χ2n) is 5.16. The first-order valence-corrected chi connectivity index (χ1v) is 7.09. The molecule has 1 fully saturated rings. The number of piperazine rings is 1. The second kappa shape index (κ2) is 6.06. The third-order valence-corrected chi connectivity index (χ3v) is 3.90. The van der Waals surface area contributed by atoms with E-state index in [1.54, 1.807) is 4.90 Å². The number of nitrogens with zero attached hydrogens (tertiary/aromatic N) is 2. The van der Waals surface area contributed by atoms with Gasteiger partial charge in [-0.25, -0.2) is 8.78 Å². The molecule has 1 heterocycles. The maximum atomic E-state index is 14.0. The molecule has 0 N–H and O–H groups in total. The fraction of sp³-hybridized carbons (Fsp3) is 0.571. The molecule has 2 rings (SSSR count). The Hall–Kier alpha value is -0.870. The summed E-state index contributed by atoms with van der Waals surface area (Å²) >= 11 is 5.61. The average molecular weight is 289 g/mol. The van der Waals surface area contributed by atoms with Crippen LogP contribution in [0.4, 0.5) is 14.5 Å². The average Bonchev–Trinajstić information content (AvgIpc) is 2.38. The number of halogens is 3. The van der Waals surface area contributed by atoms with Gasteiger partial charge in [-0.15, -0.1) is 11.6 Å². The minimum Gasteiger partial charge on any atom is -0.364 e. The van der Waals surface area contributed by atoms with Crippen LogP contribution in [-0.2, 0) is 5.88 Å². The van der Waals surface area contributed by atoms with Crippen LogP contribution in [0.15, 0.2) is 12.1 Å². The molecule has 0 aliphatic carbocycles. The first kappa shape index (κ1) is 14.5. The van der Waals surface area contributed by atoms with Gasteiger partial charge in [0.2, 0.25) is 0 Å². The quantitative estimate of drug-likeness (QED) is 0.788. The molecular formula is C14H19ClF2N2. The van der Waals surface area contributed by atoms with E-state index in [0.29, 0.717) is 24.7 Å². The van der Waals surface area contributed by atoms with E-state index in [2.05, 4.69) is 18.7 Å². The SMILES string of the molecule is CC(C)N1CCN(c2c(F)cc(CCl)cc2F)CC1. The molecule has 0 unspecified atom stereocenters. The van der Waals surface area contributed by atoms with Crippen molar-refractivity contribution in [1.29, 1.82) is 0 Å². The third-order valence-electron chi connectivity index (χ3n) is 3.59. The van der Waals surface area contributed by atoms with Gasteiger partial charge in [0.1, 0.15) is 17.3 Å². The van der Waals surface area contributed by atoms with E-state index < -0.39 is 11.6 Å². The standard InChI is InChI=1S/C14H19ClF2N2/c1-10(2)18-3-5-19(6-4-18)14-12(16)7-11(9-15)8-13(14)17/h7-8,10H,3-6,9H2,1-2H3. The Kier molecular flexibility index (Phi) is 4.63. The van der Waals surface area contributed by atoms with Crippen molar-refractivity contribution in [3.63, 3.8) is 0 Å². The molecule has 19 heavy (non-hydrogen) atoms. The van der Waals surface area contributed by atoms with Gasteiger partial charge >= 0.3 is 0 Å². The molecule has 1 saturated heterocycles. The summed E-state index contributed by atoms with van der Waals surface area (Å²) < 4.78 is 28.0. The monoisotopic (exact) mass is 288 g/mol. The molecule has 0 amide bonds. The molecule has 1 aliphatic heterocycles. The van der Waals surface area contributed by atoms with Gasteiger partial charge in [-0.1, -0.05) is 0 Å². The van der Waals surface area contributed by atoms with E-state index in [1.165, 1.54) is 12.1 Å². The number of benzene rings is 1. The number of rotatable bonds is 3. The van der Waals surface area contributed by atoms with Crippen molar-refractivity contribution < 1.29 is 8.78 Å². The van der Waals surface area contributed by atoms with Gasteiger partial charge in [-0.05, 0) is 31.5 Å². The van der Waals surface area contributed by atoms with Crippen LogP contribution in [0.2, 0.25) is 0 Å². The summed E-state index contributed by atoms with van der Waals surface area (Å²) in [5.41, 5.74) is 0.554. The van der Waals surface area contributed by atoms with Crippen molar-refractivity contribution in [2.24, 2.45) is 0 Å². The fourth-order valence-corrected chi connectivity index (χ4v) is 2.61. The minimum atomic E-state index is -0.520. The van der Waals surface area contributed by atoms with Crippen LogP contribution in [0.5, 0.6) is 0 Å². The Balaban J connectivity index is 2.15. The molecule has 0 atom stereocenters. The molecular weight excluding hydrogens is 270 g/mol. The van der Waals surface area contributed by atoms with Gasteiger partial charge in [0.25, 0.3) is 0 Å². The van der Waals surface area contributed by atoms with E-state index in [0.717, 1.165) is 13.1 Å². The van der Waals surface area contributed by atoms with E-state index in [1.807, 2.05) is 0 Å². The molecule has 0 aromatic heterocycles. The highest BCUT2D eigenvalue weighted by Gasteiger charge is 2.23. The maximum Gasteiger partial charge on any atom is 0.149 e. The highest BCUT2D eigenvalue weighted by Crippen LogP contribution is 2.26. The summed E-state index contributed by atoms with van der Waals surface area (Å²) in [6.45, 7) is 7.21. The first-order chi connectivity index (χ1) is 9.02. The molecule has 0 bridgehead atoms. The molecule has 106 valence electrons. The summed E-state index contributed by atoms with van der Waals surface area (Å²) in [5, 5.41) is 0. The zero-order valence-corrected chi connectivity index (χ0v) is 12.1.